The average molecular weight is 388 g/mol. The van der Waals surface area contributed by atoms with E-state index in [1.165, 1.54) is 6.07 Å². The van der Waals surface area contributed by atoms with Gasteiger partial charge in [-0.1, -0.05) is 0 Å². The van der Waals surface area contributed by atoms with E-state index in [0.29, 0.717) is 24.5 Å². The lowest BCUT2D eigenvalue weighted by Crippen LogP contribution is -2.28. The quantitative estimate of drug-likeness (QED) is 0.485. The van der Waals surface area contributed by atoms with Gasteiger partial charge in [0.2, 0.25) is 5.91 Å². The third-order valence-corrected chi connectivity index (χ3v) is 4.69. The molecule has 0 unspecified atom stereocenters. The minimum atomic E-state index is -1.07. The SMILES string of the molecule is O=C(O)Cc1cc(O)cc(O)c1-c1ccc(CNCCCN2CCCC2=O)o1. The van der Waals surface area contributed by atoms with E-state index < -0.39 is 5.97 Å². The van der Waals surface area contributed by atoms with E-state index in [1.54, 1.807) is 12.1 Å². The Morgan fingerprint density at radius 2 is 2.07 bits per heavy atom. The molecule has 8 heteroatoms. The summed E-state index contributed by atoms with van der Waals surface area (Å²) in [6.45, 7) is 2.79. The molecule has 150 valence electrons. The van der Waals surface area contributed by atoms with Crippen molar-refractivity contribution >= 4 is 11.9 Å². The summed E-state index contributed by atoms with van der Waals surface area (Å²) in [5, 5.41) is 32.1. The van der Waals surface area contributed by atoms with Crippen molar-refractivity contribution in [2.45, 2.75) is 32.2 Å². The van der Waals surface area contributed by atoms with Gasteiger partial charge in [-0.15, -0.1) is 0 Å². The highest BCUT2D eigenvalue weighted by Gasteiger charge is 2.19. The summed E-state index contributed by atoms with van der Waals surface area (Å²) in [5.74, 6) is -0.310. The lowest BCUT2D eigenvalue weighted by atomic mass is 10.0. The molecule has 0 radical (unpaired) electrons. The number of nitrogens with one attached hydrogen (secondary N) is 1. The second-order valence-corrected chi connectivity index (χ2v) is 6.85. The molecule has 1 fully saturated rings. The molecule has 1 aliphatic rings. The van der Waals surface area contributed by atoms with Gasteiger partial charge in [-0.2, -0.15) is 0 Å². The number of benzene rings is 1. The molecule has 2 heterocycles. The molecule has 4 N–H and O–H groups in total. The number of carboxylic acid groups (broad SMARTS) is 1. The smallest absolute Gasteiger partial charge is 0.307 e. The number of aromatic hydroxyl groups is 2. The van der Waals surface area contributed by atoms with Gasteiger partial charge in [-0.3, -0.25) is 9.59 Å². The van der Waals surface area contributed by atoms with E-state index >= 15 is 0 Å². The van der Waals surface area contributed by atoms with Crippen molar-refractivity contribution in [3.63, 3.8) is 0 Å². The molecule has 0 bridgehead atoms. The molecule has 1 aliphatic heterocycles. The van der Waals surface area contributed by atoms with Crippen LogP contribution in [0, 0.1) is 0 Å². The summed E-state index contributed by atoms with van der Waals surface area (Å²) in [5.41, 5.74) is 0.535. The van der Waals surface area contributed by atoms with Crippen LogP contribution in [0.5, 0.6) is 11.5 Å². The number of hydrogen-bond acceptors (Lipinski definition) is 6. The maximum atomic E-state index is 11.6. The number of carboxylic acids is 1. The number of carbonyl (C=O) groups excluding carboxylic acids is 1. The van der Waals surface area contributed by atoms with Gasteiger partial charge in [0.25, 0.3) is 0 Å². The molecular formula is C20H24N2O6. The fourth-order valence-corrected chi connectivity index (χ4v) is 3.41. The van der Waals surface area contributed by atoms with Crippen molar-refractivity contribution in [1.29, 1.82) is 0 Å². The maximum Gasteiger partial charge on any atom is 0.307 e. The van der Waals surface area contributed by atoms with Crippen LogP contribution in [0.2, 0.25) is 0 Å². The fraction of sp³-hybridized carbons (Fsp3) is 0.400. The largest absolute Gasteiger partial charge is 0.508 e. The number of nitrogens with zero attached hydrogens (tertiary/aromatic N) is 1. The zero-order chi connectivity index (χ0) is 20.1. The van der Waals surface area contributed by atoms with Crippen LogP contribution in [-0.4, -0.2) is 51.7 Å². The van der Waals surface area contributed by atoms with Gasteiger partial charge in [0, 0.05) is 25.6 Å². The van der Waals surface area contributed by atoms with Crippen molar-refractivity contribution in [2.24, 2.45) is 0 Å². The number of phenols is 2. The third kappa shape index (κ3) is 4.83. The first-order valence-electron chi connectivity index (χ1n) is 9.28. The molecule has 2 aromatic rings. The standard InChI is InChI=1S/C20H24N2O6/c23-14-9-13(10-19(26)27)20(16(24)11-14)17-5-4-15(28-17)12-21-6-2-8-22-7-1-3-18(22)25/h4-5,9,11,21,23-24H,1-3,6-8,10,12H2,(H,26,27). The van der Waals surface area contributed by atoms with E-state index in [1.807, 2.05) is 4.90 Å². The monoisotopic (exact) mass is 388 g/mol. The topological polar surface area (TPSA) is 123 Å². The Morgan fingerprint density at radius 3 is 2.79 bits per heavy atom. The lowest BCUT2D eigenvalue weighted by Gasteiger charge is -2.15. The van der Waals surface area contributed by atoms with Crippen LogP contribution in [0.15, 0.2) is 28.7 Å². The Hall–Kier alpha value is -3.00. The van der Waals surface area contributed by atoms with Crippen LogP contribution in [0.4, 0.5) is 0 Å². The predicted octanol–water partition coefficient (Wildman–Crippen LogP) is 2.09. The molecule has 1 aromatic carbocycles. The first-order valence-corrected chi connectivity index (χ1v) is 9.28. The molecule has 3 rings (SSSR count). The number of amides is 1. The molecule has 0 saturated carbocycles. The van der Waals surface area contributed by atoms with Crippen molar-refractivity contribution in [3.05, 3.63) is 35.6 Å². The number of furan rings is 1. The van der Waals surface area contributed by atoms with Crippen LogP contribution in [-0.2, 0) is 22.6 Å². The molecule has 28 heavy (non-hydrogen) atoms. The van der Waals surface area contributed by atoms with E-state index in [9.17, 15) is 19.8 Å². The molecular weight excluding hydrogens is 364 g/mol. The highest BCUT2D eigenvalue weighted by molar-refractivity contribution is 5.79. The first-order chi connectivity index (χ1) is 13.4. The molecule has 0 atom stereocenters. The zero-order valence-corrected chi connectivity index (χ0v) is 15.5. The van der Waals surface area contributed by atoms with Crippen molar-refractivity contribution in [1.82, 2.24) is 10.2 Å². The Bertz CT molecular complexity index is 860. The molecule has 0 spiro atoms. The summed E-state index contributed by atoms with van der Waals surface area (Å²) < 4.78 is 5.75. The van der Waals surface area contributed by atoms with Crippen LogP contribution >= 0.6 is 0 Å². The highest BCUT2D eigenvalue weighted by atomic mass is 16.4. The normalized spacial score (nSPS) is 14.0. The Balaban J connectivity index is 1.58. The van der Waals surface area contributed by atoms with Crippen LogP contribution in [0.3, 0.4) is 0 Å². The molecule has 1 amide bonds. The number of phenolic OH excluding ortho intramolecular Hbond substituents is 2. The fourth-order valence-electron chi connectivity index (χ4n) is 3.41. The summed E-state index contributed by atoms with van der Waals surface area (Å²) in [4.78, 5) is 24.5. The summed E-state index contributed by atoms with van der Waals surface area (Å²) in [7, 11) is 0. The number of carbonyl (C=O) groups is 2. The van der Waals surface area contributed by atoms with Crippen molar-refractivity contribution in [2.75, 3.05) is 19.6 Å². The minimum Gasteiger partial charge on any atom is -0.508 e. The zero-order valence-electron chi connectivity index (χ0n) is 15.5. The number of likely N-dealkylation sites (tertiary alicyclic amines) is 1. The minimum absolute atomic E-state index is 0.206. The molecule has 1 saturated heterocycles. The molecule has 1 aromatic heterocycles. The summed E-state index contributed by atoms with van der Waals surface area (Å²) in [6, 6.07) is 5.88. The Labute approximate surface area is 162 Å². The van der Waals surface area contributed by atoms with Gasteiger partial charge in [0.15, 0.2) is 0 Å². The van der Waals surface area contributed by atoms with Crippen molar-refractivity contribution in [3.8, 4) is 22.8 Å². The van der Waals surface area contributed by atoms with E-state index in [4.69, 9.17) is 9.52 Å². The summed E-state index contributed by atoms with van der Waals surface area (Å²) in [6.07, 6.45) is 2.09. The van der Waals surface area contributed by atoms with Crippen LogP contribution in [0.1, 0.15) is 30.6 Å². The maximum absolute atomic E-state index is 11.6. The molecule has 0 aliphatic carbocycles. The lowest BCUT2D eigenvalue weighted by molar-refractivity contribution is -0.136. The van der Waals surface area contributed by atoms with Crippen LogP contribution < -0.4 is 5.32 Å². The van der Waals surface area contributed by atoms with Crippen LogP contribution in [0.25, 0.3) is 11.3 Å². The third-order valence-electron chi connectivity index (χ3n) is 4.69. The highest BCUT2D eigenvalue weighted by Crippen LogP contribution is 2.37. The number of rotatable bonds is 9. The predicted molar refractivity (Wildman–Crippen MR) is 101 cm³/mol. The van der Waals surface area contributed by atoms with Gasteiger partial charge < -0.3 is 30.0 Å². The van der Waals surface area contributed by atoms with Gasteiger partial charge >= 0.3 is 5.97 Å². The number of hydrogen-bond donors (Lipinski definition) is 4. The Morgan fingerprint density at radius 1 is 1.25 bits per heavy atom. The number of aliphatic carboxylic acids is 1. The van der Waals surface area contributed by atoms with Crippen molar-refractivity contribution < 1.29 is 29.3 Å². The molecule has 8 nitrogen and oxygen atoms in total. The van der Waals surface area contributed by atoms with E-state index in [2.05, 4.69) is 5.32 Å². The first kappa shape index (κ1) is 19.8. The average Bonchev–Trinajstić information content (AvgIpc) is 3.23. The van der Waals surface area contributed by atoms with Gasteiger partial charge in [0.1, 0.15) is 23.0 Å². The Kier molecular flexibility index (Phi) is 6.20. The van der Waals surface area contributed by atoms with Gasteiger partial charge in [-0.05, 0) is 43.1 Å². The summed E-state index contributed by atoms with van der Waals surface area (Å²) >= 11 is 0. The van der Waals surface area contributed by atoms with Gasteiger partial charge in [0.05, 0.1) is 18.5 Å². The second-order valence-electron chi connectivity index (χ2n) is 6.85. The van der Waals surface area contributed by atoms with Gasteiger partial charge in [-0.25, -0.2) is 0 Å². The van der Waals surface area contributed by atoms with E-state index in [-0.39, 0.29) is 35.0 Å². The second kappa shape index (κ2) is 8.79. The van der Waals surface area contributed by atoms with E-state index in [0.717, 1.165) is 38.5 Å².